The summed E-state index contributed by atoms with van der Waals surface area (Å²) in [6, 6.07) is 10.5. The van der Waals surface area contributed by atoms with E-state index in [4.69, 9.17) is 0 Å². The number of carbonyl (C=O) groups excluding carboxylic acids is 1. The van der Waals surface area contributed by atoms with Crippen LogP contribution in [0.5, 0.6) is 0 Å². The number of thioether (sulfide) groups is 1. The number of benzene rings is 1. The number of amides is 1. The monoisotopic (exact) mass is 328 g/mol. The number of hydrogen-bond donors (Lipinski definition) is 1. The Morgan fingerprint density at radius 3 is 2.86 bits per heavy atom. The molecule has 1 atom stereocenters. The van der Waals surface area contributed by atoms with Crippen molar-refractivity contribution in [3.63, 3.8) is 0 Å². The van der Waals surface area contributed by atoms with E-state index < -0.39 is 0 Å². The second kappa shape index (κ2) is 10.1. The van der Waals surface area contributed by atoms with Crippen molar-refractivity contribution >= 4 is 30.1 Å². The summed E-state index contributed by atoms with van der Waals surface area (Å²) in [7, 11) is 1.93. The van der Waals surface area contributed by atoms with Gasteiger partial charge in [-0.05, 0) is 44.5 Å². The lowest BCUT2D eigenvalue weighted by Gasteiger charge is -2.16. The molecule has 0 radical (unpaired) electrons. The van der Waals surface area contributed by atoms with E-state index in [0.29, 0.717) is 18.2 Å². The second-order valence-electron chi connectivity index (χ2n) is 5.33. The SMILES string of the molecule is CNCCCC(=O)N1CCC(CSc2ccccc2)C1.Cl. The van der Waals surface area contributed by atoms with Crippen LogP contribution in [-0.2, 0) is 4.79 Å². The summed E-state index contributed by atoms with van der Waals surface area (Å²) in [6.45, 7) is 2.81. The van der Waals surface area contributed by atoms with Crippen LogP contribution >= 0.6 is 24.2 Å². The fourth-order valence-electron chi connectivity index (χ4n) is 2.50. The average molecular weight is 329 g/mol. The maximum absolute atomic E-state index is 12.0. The quantitative estimate of drug-likeness (QED) is 0.617. The van der Waals surface area contributed by atoms with Crippen molar-refractivity contribution < 1.29 is 4.79 Å². The first-order chi connectivity index (χ1) is 9.79. The molecule has 1 amide bonds. The normalized spacial score (nSPS) is 17.6. The van der Waals surface area contributed by atoms with Crippen molar-refractivity contribution in [2.45, 2.75) is 24.2 Å². The lowest BCUT2D eigenvalue weighted by molar-refractivity contribution is -0.130. The molecule has 0 bridgehead atoms. The zero-order valence-corrected chi connectivity index (χ0v) is 14.2. The minimum atomic E-state index is 0. The number of carbonyl (C=O) groups is 1. The van der Waals surface area contributed by atoms with Gasteiger partial charge in [0, 0.05) is 30.2 Å². The number of rotatable bonds is 7. The first-order valence-corrected chi connectivity index (χ1v) is 8.38. The molecule has 1 aliphatic rings. The maximum atomic E-state index is 12.0. The van der Waals surface area contributed by atoms with Crippen molar-refractivity contribution in [1.82, 2.24) is 10.2 Å². The van der Waals surface area contributed by atoms with E-state index in [1.807, 2.05) is 29.8 Å². The van der Waals surface area contributed by atoms with Gasteiger partial charge >= 0.3 is 0 Å². The molecule has 118 valence electrons. The summed E-state index contributed by atoms with van der Waals surface area (Å²) >= 11 is 1.90. The zero-order chi connectivity index (χ0) is 14.2. The maximum Gasteiger partial charge on any atom is 0.222 e. The molecule has 3 nitrogen and oxygen atoms in total. The predicted octanol–water partition coefficient (Wildman–Crippen LogP) is 3.05. The van der Waals surface area contributed by atoms with Crippen molar-refractivity contribution in [2.24, 2.45) is 5.92 Å². The Morgan fingerprint density at radius 1 is 1.38 bits per heavy atom. The molecule has 0 saturated carbocycles. The van der Waals surface area contributed by atoms with Crippen molar-refractivity contribution in [1.29, 1.82) is 0 Å². The van der Waals surface area contributed by atoms with Gasteiger partial charge in [-0.3, -0.25) is 4.79 Å². The number of likely N-dealkylation sites (tertiary alicyclic amines) is 1. The topological polar surface area (TPSA) is 32.3 Å². The third kappa shape index (κ3) is 6.29. The Bertz CT molecular complexity index is 416. The third-order valence-corrected chi connectivity index (χ3v) is 4.93. The van der Waals surface area contributed by atoms with Gasteiger partial charge in [-0.1, -0.05) is 18.2 Å². The Labute approximate surface area is 138 Å². The highest BCUT2D eigenvalue weighted by molar-refractivity contribution is 7.99. The molecule has 1 saturated heterocycles. The van der Waals surface area contributed by atoms with Crippen LogP contribution in [0.1, 0.15) is 19.3 Å². The molecular formula is C16H25ClN2OS. The van der Waals surface area contributed by atoms with Gasteiger partial charge in [0.1, 0.15) is 0 Å². The Kier molecular flexibility index (Phi) is 8.81. The molecule has 2 rings (SSSR count). The van der Waals surface area contributed by atoms with Crippen molar-refractivity contribution in [3.8, 4) is 0 Å². The van der Waals surface area contributed by atoms with E-state index in [-0.39, 0.29) is 12.4 Å². The van der Waals surface area contributed by atoms with E-state index >= 15 is 0 Å². The summed E-state index contributed by atoms with van der Waals surface area (Å²) in [5.74, 6) is 2.09. The van der Waals surface area contributed by atoms with Crippen molar-refractivity contribution in [2.75, 3.05) is 32.4 Å². The lowest BCUT2D eigenvalue weighted by Crippen LogP contribution is -2.29. The van der Waals surface area contributed by atoms with Gasteiger partial charge < -0.3 is 10.2 Å². The third-order valence-electron chi connectivity index (χ3n) is 3.68. The molecule has 0 spiro atoms. The molecule has 5 heteroatoms. The molecule has 1 aromatic carbocycles. The minimum Gasteiger partial charge on any atom is -0.342 e. The summed E-state index contributed by atoms with van der Waals surface area (Å²) in [5.41, 5.74) is 0. The molecular weight excluding hydrogens is 304 g/mol. The molecule has 1 fully saturated rings. The summed E-state index contributed by atoms with van der Waals surface area (Å²) in [6.07, 6.45) is 2.77. The molecule has 1 aromatic rings. The van der Waals surface area contributed by atoms with Crippen LogP contribution in [0.3, 0.4) is 0 Å². The predicted molar refractivity (Wildman–Crippen MR) is 92.3 cm³/mol. The fraction of sp³-hybridized carbons (Fsp3) is 0.562. The van der Waals surface area contributed by atoms with E-state index in [9.17, 15) is 4.79 Å². The summed E-state index contributed by atoms with van der Waals surface area (Å²) in [4.78, 5) is 15.4. The van der Waals surface area contributed by atoms with Gasteiger partial charge in [-0.25, -0.2) is 0 Å². The van der Waals surface area contributed by atoms with Crippen LogP contribution in [0.25, 0.3) is 0 Å². The average Bonchev–Trinajstić information content (AvgIpc) is 2.95. The van der Waals surface area contributed by atoms with E-state index in [0.717, 1.165) is 38.2 Å². The first-order valence-electron chi connectivity index (χ1n) is 7.40. The first kappa shape index (κ1) is 18.3. The van der Waals surface area contributed by atoms with Crippen LogP contribution in [-0.4, -0.2) is 43.2 Å². The van der Waals surface area contributed by atoms with Crippen molar-refractivity contribution in [3.05, 3.63) is 30.3 Å². The van der Waals surface area contributed by atoms with Gasteiger partial charge in [0.15, 0.2) is 0 Å². The van der Waals surface area contributed by atoms with Crippen LogP contribution < -0.4 is 5.32 Å². The van der Waals surface area contributed by atoms with Gasteiger partial charge in [0.2, 0.25) is 5.91 Å². The molecule has 1 unspecified atom stereocenters. The number of nitrogens with one attached hydrogen (secondary N) is 1. The fourth-order valence-corrected chi connectivity index (χ4v) is 3.55. The van der Waals surface area contributed by atoms with Crippen LogP contribution in [0, 0.1) is 5.92 Å². The summed E-state index contributed by atoms with van der Waals surface area (Å²) in [5, 5.41) is 3.09. The Hall–Kier alpha value is -0.710. The number of nitrogens with zero attached hydrogens (tertiary/aromatic N) is 1. The smallest absolute Gasteiger partial charge is 0.222 e. The minimum absolute atomic E-state index is 0. The molecule has 1 N–H and O–H groups in total. The number of halogens is 1. The highest BCUT2D eigenvalue weighted by Gasteiger charge is 2.25. The Balaban J connectivity index is 0.00000220. The molecule has 0 aromatic heterocycles. The second-order valence-corrected chi connectivity index (χ2v) is 6.42. The van der Waals surface area contributed by atoms with Crippen LogP contribution in [0.4, 0.5) is 0 Å². The molecule has 1 heterocycles. The Morgan fingerprint density at radius 2 is 2.14 bits per heavy atom. The van der Waals surface area contributed by atoms with Gasteiger partial charge in [-0.15, -0.1) is 24.2 Å². The highest BCUT2D eigenvalue weighted by atomic mass is 35.5. The highest BCUT2D eigenvalue weighted by Crippen LogP contribution is 2.26. The standard InChI is InChI=1S/C16H24N2OS.ClH/c1-17-10-5-8-16(19)18-11-9-14(12-18)13-20-15-6-3-2-4-7-15;/h2-4,6-7,14,17H,5,8-13H2,1H3;1H. The van der Waals surface area contributed by atoms with E-state index in [1.165, 1.54) is 4.90 Å². The van der Waals surface area contributed by atoms with Crippen LogP contribution in [0.2, 0.25) is 0 Å². The largest absolute Gasteiger partial charge is 0.342 e. The lowest BCUT2D eigenvalue weighted by atomic mass is 10.2. The number of hydrogen-bond acceptors (Lipinski definition) is 3. The molecule has 1 aliphatic heterocycles. The van der Waals surface area contributed by atoms with E-state index in [2.05, 4.69) is 29.6 Å². The van der Waals surface area contributed by atoms with Gasteiger partial charge in [0.05, 0.1) is 0 Å². The van der Waals surface area contributed by atoms with Crippen LogP contribution in [0.15, 0.2) is 35.2 Å². The molecule has 21 heavy (non-hydrogen) atoms. The van der Waals surface area contributed by atoms with E-state index in [1.54, 1.807) is 0 Å². The molecule has 0 aliphatic carbocycles. The summed E-state index contributed by atoms with van der Waals surface area (Å²) < 4.78 is 0. The van der Waals surface area contributed by atoms with Gasteiger partial charge in [0.25, 0.3) is 0 Å². The van der Waals surface area contributed by atoms with Gasteiger partial charge in [-0.2, -0.15) is 0 Å². The zero-order valence-electron chi connectivity index (χ0n) is 12.6.